The van der Waals surface area contributed by atoms with E-state index in [0.717, 1.165) is 6.20 Å². The van der Waals surface area contributed by atoms with Gasteiger partial charge in [-0.25, -0.2) is 4.79 Å². The summed E-state index contributed by atoms with van der Waals surface area (Å²) in [7, 11) is 0. The van der Waals surface area contributed by atoms with E-state index in [9.17, 15) is 9.59 Å². The molecule has 0 aliphatic heterocycles. The summed E-state index contributed by atoms with van der Waals surface area (Å²) in [6, 6.07) is 0. The SMILES string of the molecule is C/C=C/C=C/C(=O)Nc1[nH]ncc1C(=O)O. The van der Waals surface area contributed by atoms with Crippen molar-refractivity contribution in [3.63, 3.8) is 0 Å². The van der Waals surface area contributed by atoms with Gasteiger partial charge in [0.1, 0.15) is 11.4 Å². The summed E-state index contributed by atoms with van der Waals surface area (Å²) < 4.78 is 0. The molecule has 0 aliphatic rings. The number of rotatable bonds is 4. The molecule has 16 heavy (non-hydrogen) atoms. The lowest BCUT2D eigenvalue weighted by Gasteiger charge is -1.98. The number of amides is 1. The maximum absolute atomic E-state index is 11.3. The highest BCUT2D eigenvalue weighted by atomic mass is 16.4. The van der Waals surface area contributed by atoms with Crippen LogP contribution in [0.3, 0.4) is 0 Å². The smallest absolute Gasteiger partial charge is 0.341 e. The van der Waals surface area contributed by atoms with Crippen LogP contribution >= 0.6 is 0 Å². The van der Waals surface area contributed by atoms with Crippen LogP contribution in [-0.2, 0) is 4.79 Å². The normalized spacial score (nSPS) is 11.1. The van der Waals surface area contributed by atoms with Crippen LogP contribution in [0.4, 0.5) is 5.82 Å². The van der Waals surface area contributed by atoms with Crippen molar-refractivity contribution < 1.29 is 14.7 Å². The number of carbonyl (C=O) groups is 2. The third-order valence-corrected chi connectivity index (χ3v) is 1.67. The molecule has 1 rings (SSSR count). The molecule has 0 saturated heterocycles. The molecule has 0 aromatic carbocycles. The van der Waals surface area contributed by atoms with Gasteiger partial charge in [-0.15, -0.1) is 0 Å². The van der Waals surface area contributed by atoms with Gasteiger partial charge in [0.2, 0.25) is 5.91 Å². The Morgan fingerprint density at radius 3 is 2.88 bits per heavy atom. The van der Waals surface area contributed by atoms with E-state index in [2.05, 4.69) is 15.5 Å². The summed E-state index contributed by atoms with van der Waals surface area (Å²) in [5.74, 6) is -1.51. The number of hydrogen-bond donors (Lipinski definition) is 3. The van der Waals surface area contributed by atoms with Crippen molar-refractivity contribution in [3.05, 3.63) is 36.1 Å². The monoisotopic (exact) mass is 221 g/mol. The standard InChI is InChI=1S/C10H11N3O3/c1-2-3-4-5-8(14)12-9-7(10(15)16)6-11-13-9/h2-6H,1H3,(H,15,16)(H2,11,12,13,14)/b3-2+,5-4+. The molecule has 0 bridgehead atoms. The summed E-state index contributed by atoms with van der Waals surface area (Å²) in [5.41, 5.74) is -0.0761. The first kappa shape index (κ1) is 11.7. The van der Waals surface area contributed by atoms with E-state index in [1.54, 1.807) is 18.2 Å². The number of carboxylic acids is 1. The van der Waals surface area contributed by atoms with Gasteiger partial charge in [0.05, 0.1) is 6.20 Å². The lowest BCUT2D eigenvalue weighted by molar-refractivity contribution is -0.111. The zero-order chi connectivity index (χ0) is 12.0. The van der Waals surface area contributed by atoms with Crippen LogP contribution in [0.1, 0.15) is 17.3 Å². The van der Waals surface area contributed by atoms with Gasteiger partial charge in [-0.05, 0) is 6.92 Å². The van der Waals surface area contributed by atoms with Crippen LogP contribution in [0.25, 0.3) is 0 Å². The Labute approximate surface area is 91.7 Å². The number of aromatic amines is 1. The van der Waals surface area contributed by atoms with Gasteiger partial charge in [0, 0.05) is 6.08 Å². The molecule has 84 valence electrons. The highest BCUT2D eigenvalue weighted by Crippen LogP contribution is 2.10. The quantitative estimate of drug-likeness (QED) is 0.525. The predicted molar refractivity (Wildman–Crippen MR) is 58.1 cm³/mol. The Morgan fingerprint density at radius 2 is 2.25 bits per heavy atom. The molecule has 1 aromatic rings. The molecule has 3 N–H and O–H groups in total. The van der Waals surface area contributed by atoms with E-state index in [4.69, 9.17) is 5.11 Å². The zero-order valence-corrected chi connectivity index (χ0v) is 8.60. The second-order valence-electron chi connectivity index (χ2n) is 2.84. The van der Waals surface area contributed by atoms with Crippen LogP contribution in [-0.4, -0.2) is 27.2 Å². The van der Waals surface area contributed by atoms with Gasteiger partial charge in [-0.3, -0.25) is 9.89 Å². The van der Waals surface area contributed by atoms with E-state index < -0.39 is 11.9 Å². The molecule has 1 amide bonds. The zero-order valence-electron chi connectivity index (χ0n) is 8.60. The van der Waals surface area contributed by atoms with Gasteiger partial charge in [0.25, 0.3) is 0 Å². The fourth-order valence-electron chi connectivity index (χ4n) is 0.963. The van der Waals surface area contributed by atoms with Crippen LogP contribution in [0, 0.1) is 0 Å². The van der Waals surface area contributed by atoms with E-state index >= 15 is 0 Å². The number of hydrogen-bond acceptors (Lipinski definition) is 3. The van der Waals surface area contributed by atoms with Gasteiger partial charge in [0.15, 0.2) is 0 Å². The second-order valence-corrected chi connectivity index (χ2v) is 2.84. The Bertz CT molecular complexity index is 446. The second kappa shape index (κ2) is 5.50. The Kier molecular flexibility index (Phi) is 4.02. The molecule has 0 aliphatic carbocycles. The third-order valence-electron chi connectivity index (χ3n) is 1.67. The maximum Gasteiger partial charge on any atom is 0.341 e. The minimum Gasteiger partial charge on any atom is -0.477 e. The first-order valence-electron chi connectivity index (χ1n) is 4.52. The van der Waals surface area contributed by atoms with E-state index in [-0.39, 0.29) is 11.4 Å². The molecule has 0 atom stereocenters. The number of anilines is 1. The van der Waals surface area contributed by atoms with Crippen molar-refractivity contribution in [1.82, 2.24) is 10.2 Å². The van der Waals surface area contributed by atoms with Crippen molar-refractivity contribution in [2.24, 2.45) is 0 Å². The van der Waals surface area contributed by atoms with E-state index in [0.29, 0.717) is 0 Å². The first-order chi connectivity index (χ1) is 7.65. The predicted octanol–water partition coefficient (Wildman–Crippen LogP) is 1.18. The van der Waals surface area contributed by atoms with Gasteiger partial charge >= 0.3 is 5.97 Å². The highest BCUT2D eigenvalue weighted by molar-refractivity contribution is 6.03. The van der Waals surface area contributed by atoms with Gasteiger partial charge in [-0.1, -0.05) is 18.2 Å². The molecular formula is C10H11N3O3. The van der Waals surface area contributed by atoms with Crippen molar-refractivity contribution in [2.75, 3.05) is 5.32 Å². The Balaban J connectivity index is 2.70. The molecular weight excluding hydrogens is 210 g/mol. The average Bonchev–Trinajstić information content (AvgIpc) is 2.66. The number of nitrogens with one attached hydrogen (secondary N) is 2. The van der Waals surface area contributed by atoms with Crippen LogP contribution in [0.15, 0.2) is 30.5 Å². The van der Waals surface area contributed by atoms with Crippen LogP contribution in [0.2, 0.25) is 0 Å². The van der Waals surface area contributed by atoms with Crippen LogP contribution < -0.4 is 5.32 Å². The Hall–Kier alpha value is -2.37. The number of H-pyrrole nitrogens is 1. The molecule has 6 nitrogen and oxygen atoms in total. The fraction of sp³-hybridized carbons (Fsp3) is 0.100. The minimum atomic E-state index is -1.15. The molecule has 1 heterocycles. The largest absolute Gasteiger partial charge is 0.477 e. The Morgan fingerprint density at radius 1 is 1.50 bits per heavy atom. The summed E-state index contributed by atoms with van der Waals surface area (Å²) in [4.78, 5) is 22.0. The first-order valence-corrected chi connectivity index (χ1v) is 4.52. The highest BCUT2D eigenvalue weighted by Gasteiger charge is 2.13. The summed E-state index contributed by atoms with van der Waals surface area (Å²) in [6.45, 7) is 1.82. The molecule has 0 unspecified atom stereocenters. The fourth-order valence-corrected chi connectivity index (χ4v) is 0.963. The van der Waals surface area contributed by atoms with Crippen LogP contribution in [0.5, 0.6) is 0 Å². The molecule has 0 spiro atoms. The van der Waals surface area contributed by atoms with Crippen molar-refractivity contribution in [2.45, 2.75) is 6.92 Å². The average molecular weight is 221 g/mol. The van der Waals surface area contributed by atoms with Gasteiger partial charge < -0.3 is 10.4 Å². The number of aromatic carboxylic acids is 1. The lowest BCUT2D eigenvalue weighted by Crippen LogP contribution is -2.11. The maximum atomic E-state index is 11.3. The number of carboxylic acid groups (broad SMARTS) is 1. The van der Waals surface area contributed by atoms with E-state index in [1.807, 2.05) is 6.92 Å². The third kappa shape index (κ3) is 3.09. The number of nitrogens with zero attached hydrogens (tertiary/aromatic N) is 1. The topological polar surface area (TPSA) is 95.1 Å². The number of allylic oxidation sites excluding steroid dienone is 3. The van der Waals surface area contributed by atoms with Crippen molar-refractivity contribution in [3.8, 4) is 0 Å². The number of carbonyl (C=O) groups excluding carboxylic acids is 1. The van der Waals surface area contributed by atoms with E-state index in [1.165, 1.54) is 6.08 Å². The summed E-state index contributed by atoms with van der Waals surface area (Å²) in [6.07, 6.45) is 7.42. The molecule has 0 fully saturated rings. The molecule has 0 radical (unpaired) electrons. The lowest BCUT2D eigenvalue weighted by atomic mass is 10.3. The minimum absolute atomic E-state index is 0.0719. The number of aromatic nitrogens is 2. The van der Waals surface area contributed by atoms with Gasteiger partial charge in [-0.2, -0.15) is 5.10 Å². The van der Waals surface area contributed by atoms with Crippen molar-refractivity contribution >= 4 is 17.7 Å². The molecule has 0 saturated carbocycles. The summed E-state index contributed by atoms with van der Waals surface area (Å²) in [5, 5.41) is 17.0. The van der Waals surface area contributed by atoms with Crippen molar-refractivity contribution in [1.29, 1.82) is 0 Å². The molecule has 1 aromatic heterocycles. The molecule has 6 heteroatoms. The summed E-state index contributed by atoms with van der Waals surface area (Å²) >= 11 is 0.